The van der Waals surface area contributed by atoms with Gasteiger partial charge in [0, 0.05) is 0 Å². The maximum atomic E-state index is 2.50. The molecule has 0 N–H and O–H groups in total. The molecule has 0 aliphatic carbocycles. The summed E-state index contributed by atoms with van der Waals surface area (Å²) < 4.78 is 0. The van der Waals surface area contributed by atoms with Crippen molar-refractivity contribution in [1.29, 1.82) is 0 Å². The summed E-state index contributed by atoms with van der Waals surface area (Å²) in [6.07, 6.45) is 0. The van der Waals surface area contributed by atoms with Gasteiger partial charge in [-0.1, -0.05) is 170 Å². The maximum Gasteiger partial charge on any atom is -0.00261 e. The molecule has 11 aromatic rings. The monoisotopic (exact) mass is 682 g/mol. The lowest BCUT2D eigenvalue weighted by Crippen LogP contribution is -1.92. The van der Waals surface area contributed by atoms with Crippen LogP contribution < -0.4 is 0 Å². The molecule has 250 valence electrons. The molecule has 0 radical (unpaired) electrons. The predicted molar refractivity (Wildman–Crippen MR) is 233 cm³/mol. The van der Waals surface area contributed by atoms with Gasteiger partial charge in [-0.05, 0) is 146 Å². The fourth-order valence-corrected chi connectivity index (χ4v) is 8.96. The van der Waals surface area contributed by atoms with Gasteiger partial charge in [-0.25, -0.2) is 0 Å². The van der Waals surface area contributed by atoms with E-state index >= 15 is 0 Å². The van der Waals surface area contributed by atoms with Crippen LogP contribution in [-0.4, -0.2) is 0 Å². The SMILES string of the molecule is c1ccc(-c2cc3cc4c5ccccc5c5cc6c(-c7ccccc7)c7ccccc7c(-c7ccccc7)c6cc5c4cc3cc2-c2ccccc2)cc1. The number of benzene rings is 11. The number of hydrogen-bond donors (Lipinski definition) is 0. The lowest BCUT2D eigenvalue weighted by atomic mass is 9.83. The zero-order valence-corrected chi connectivity index (χ0v) is 29.6. The Bertz CT molecular complexity index is 3220. The fourth-order valence-electron chi connectivity index (χ4n) is 8.96. The molecule has 0 saturated heterocycles. The second kappa shape index (κ2) is 12.3. The van der Waals surface area contributed by atoms with Crippen LogP contribution in [-0.2, 0) is 0 Å². The second-order valence-electron chi connectivity index (χ2n) is 14.4. The molecule has 11 rings (SSSR count). The Morgan fingerprint density at radius 2 is 0.481 bits per heavy atom. The van der Waals surface area contributed by atoms with Crippen molar-refractivity contribution in [1.82, 2.24) is 0 Å². The summed E-state index contributed by atoms with van der Waals surface area (Å²) in [5.41, 5.74) is 9.97. The van der Waals surface area contributed by atoms with Gasteiger partial charge < -0.3 is 0 Å². The van der Waals surface area contributed by atoms with Crippen molar-refractivity contribution in [2.45, 2.75) is 0 Å². The van der Waals surface area contributed by atoms with Gasteiger partial charge in [-0.3, -0.25) is 0 Å². The molecule has 0 bridgehead atoms. The molecule has 0 atom stereocenters. The van der Waals surface area contributed by atoms with Gasteiger partial charge in [0.2, 0.25) is 0 Å². The second-order valence-corrected chi connectivity index (χ2v) is 14.4. The molecular weight excluding hydrogens is 649 g/mol. The summed E-state index contributed by atoms with van der Waals surface area (Å²) in [6.45, 7) is 0. The average molecular weight is 683 g/mol. The number of fused-ring (bicyclic) bond motifs is 9. The molecular formula is C54H34. The summed E-state index contributed by atoms with van der Waals surface area (Å²) in [6, 6.07) is 76.1. The Labute approximate surface area is 314 Å². The van der Waals surface area contributed by atoms with Crippen LogP contribution in [0, 0.1) is 0 Å². The third-order valence-electron chi connectivity index (χ3n) is 11.4. The average Bonchev–Trinajstić information content (AvgIpc) is 3.25. The summed E-state index contributed by atoms with van der Waals surface area (Å²) in [7, 11) is 0. The molecule has 0 heterocycles. The van der Waals surface area contributed by atoms with Crippen LogP contribution in [0.1, 0.15) is 0 Å². The van der Waals surface area contributed by atoms with Gasteiger partial charge >= 0.3 is 0 Å². The highest BCUT2D eigenvalue weighted by atomic mass is 14.2. The van der Waals surface area contributed by atoms with Gasteiger partial charge in [0.25, 0.3) is 0 Å². The molecule has 0 saturated carbocycles. The molecule has 11 aromatic carbocycles. The quantitative estimate of drug-likeness (QED) is 0.128. The summed E-state index contributed by atoms with van der Waals surface area (Å²) >= 11 is 0. The minimum absolute atomic E-state index is 1.22. The van der Waals surface area contributed by atoms with E-state index in [0.29, 0.717) is 0 Å². The van der Waals surface area contributed by atoms with Gasteiger partial charge in [0.15, 0.2) is 0 Å². The Hall–Kier alpha value is -7.02. The zero-order valence-electron chi connectivity index (χ0n) is 29.6. The highest BCUT2D eigenvalue weighted by Gasteiger charge is 2.20. The van der Waals surface area contributed by atoms with Crippen LogP contribution in [0.2, 0.25) is 0 Å². The van der Waals surface area contributed by atoms with Crippen molar-refractivity contribution < 1.29 is 0 Å². The Kier molecular flexibility index (Phi) is 6.97. The van der Waals surface area contributed by atoms with Gasteiger partial charge in [-0.15, -0.1) is 0 Å². The van der Waals surface area contributed by atoms with E-state index in [9.17, 15) is 0 Å². The van der Waals surface area contributed by atoms with E-state index in [1.807, 2.05) is 0 Å². The zero-order chi connectivity index (χ0) is 35.6. The summed E-state index contributed by atoms with van der Waals surface area (Å²) in [5.74, 6) is 0. The fraction of sp³-hybridized carbons (Fsp3) is 0. The number of hydrogen-bond acceptors (Lipinski definition) is 0. The molecule has 0 heteroatoms. The van der Waals surface area contributed by atoms with Gasteiger partial charge in [0.05, 0.1) is 0 Å². The van der Waals surface area contributed by atoms with E-state index in [4.69, 9.17) is 0 Å². The van der Waals surface area contributed by atoms with Crippen molar-refractivity contribution in [3.8, 4) is 44.5 Å². The van der Waals surface area contributed by atoms with Crippen LogP contribution in [0.5, 0.6) is 0 Å². The Morgan fingerprint density at radius 3 is 0.889 bits per heavy atom. The highest BCUT2D eigenvalue weighted by Crippen LogP contribution is 2.48. The standard InChI is InChI=1S/C54H34/c1-5-17-35(18-6-1)45-29-39-31-47-41-25-13-14-26-42(41)49-33-51-52(34-50(49)48(47)32-40(39)30-46(45)36-19-7-2-8-20-36)54(38-23-11-4-12-24-38)44-28-16-15-27-43(44)53(51)37-21-9-3-10-22-37/h1-34H. The first-order valence-electron chi connectivity index (χ1n) is 18.8. The van der Waals surface area contributed by atoms with Gasteiger partial charge in [0.1, 0.15) is 0 Å². The minimum atomic E-state index is 1.22. The topological polar surface area (TPSA) is 0 Å². The van der Waals surface area contributed by atoms with E-state index in [1.54, 1.807) is 0 Å². The summed E-state index contributed by atoms with van der Waals surface area (Å²) in [4.78, 5) is 0. The third kappa shape index (κ3) is 4.78. The molecule has 0 aliphatic rings. The molecule has 0 fully saturated rings. The third-order valence-corrected chi connectivity index (χ3v) is 11.4. The predicted octanol–water partition coefficient (Wildman–Crippen LogP) is 15.3. The van der Waals surface area contributed by atoms with E-state index in [1.165, 1.54) is 109 Å². The molecule has 0 amide bonds. The van der Waals surface area contributed by atoms with Crippen molar-refractivity contribution in [3.63, 3.8) is 0 Å². The highest BCUT2D eigenvalue weighted by molar-refractivity contribution is 6.32. The maximum absolute atomic E-state index is 2.50. The van der Waals surface area contributed by atoms with E-state index in [-0.39, 0.29) is 0 Å². The molecule has 0 unspecified atom stereocenters. The van der Waals surface area contributed by atoms with E-state index < -0.39 is 0 Å². The van der Waals surface area contributed by atoms with Crippen molar-refractivity contribution >= 4 is 64.6 Å². The van der Waals surface area contributed by atoms with Gasteiger partial charge in [-0.2, -0.15) is 0 Å². The van der Waals surface area contributed by atoms with Crippen LogP contribution in [0.25, 0.3) is 109 Å². The summed E-state index contributed by atoms with van der Waals surface area (Å²) in [5, 5.41) is 15.2. The first-order valence-corrected chi connectivity index (χ1v) is 18.8. The smallest absolute Gasteiger partial charge is 0.00261 e. The van der Waals surface area contributed by atoms with Crippen molar-refractivity contribution in [2.24, 2.45) is 0 Å². The first kappa shape index (κ1) is 30.6. The number of rotatable bonds is 4. The Balaban J connectivity index is 1.32. The van der Waals surface area contributed by atoms with Crippen LogP contribution in [0.3, 0.4) is 0 Å². The van der Waals surface area contributed by atoms with Crippen LogP contribution in [0.4, 0.5) is 0 Å². The Morgan fingerprint density at radius 1 is 0.185 bits per heavy atom. The normalized spacial score (nSPS) is 11.7. The molecule has 0 aliphatic heterocycles. The first-order chi connectivity index (χ1) is 26.8. The largest absolute Gasteiger partial charge is 0.0622 e. The lowest BCUT2D eigenvalue weighted by Gasteiger charge is -2.20. The molecule has 0 nitrogen and oxygen atoms in total. The molecule has 0 spiro atoms. The van der Waals surface area contributed by atoms with E-state index in [2.05, 4.69) is 206 Å². The van der Waals surface area contributed by atoms with E-state index in [0.717, 1.165) is 0 Å². The molecule has 0 aromatic heterocycles. The van der Waals surface area contributed by atoms with Crippen molar-refractivity contribution in [3.05, 3.63) is 206 Å². The lowest BCUT2D eigenvalue weighted by molar-refractivity contribution is 1.61. The minimum Gasteiger partial charge on any atom is -0.0622 e. The van der Waals surface area contributed by atoms with Crippen LogP contribution in [0.15, 0.2) is 206 Å². The molecule has 54 heavy (non-hydrogen) atoms. The van der Waals surface area contributed by atoms with Crippen molar-refractivity contribution in [2.75, 3.05) is 0 Å². The van der Waals surface area contributed by atoms with Crippen LogP contribution >= 0.6 is 0 Å².